The van der Waals surface area contributed by atoms with E-state index in [0.717, 1.165) is 12.8 Å². The number of carboxylic acid groups (broad SMARTS) is 1. The molecule has 0 aromatic heterocycles. The Bertz CT molecular complexity index is 512. The maximum atomic E-state index is 10.3. The van der Waals surface area contributed by atoms with Crippen LogP contribution in [-0.4, -0.2) is 152 Å². The van der Waals surface area contributed by atoms with Gasteiger partial charge in [-0.15, -0.1) is 0 Å². The number of hydrogen-bond donors (Lipinski definition) is 13. The van der Waals surface area contributed by atoms with E-state index >= 15 is 0 Å². The number of rotatable bonds is 28. The zero-order chi connectivity index (χ0) is 36.9. The SMILES string of the molecule is CCCCCCCCCCCCCCCCCC(=O)O.OCC(CO)(CO)CO.OCC(CO)(CO)CO.OCC(CO)(CO)CO. The third-order valence-electron chi connectivity index (χ3n) is 8.02. The van der Waals surface area contributed by atoms with E-state index in [-0.39, 0.29) is 0 Å². The van der Waals surface area contributed by atoms with E-state index in [0.29, 0.717) is 6.42 Å². The second kappa shape index (κ2) is 37.8. The Labute approximate surface area is 282 Å². The van der Waals surface area contributed by atoms with E-state index in [4.69, 9.17) is 66.4 Å². The highest BCUT2D eigenvalue weighted by Gasteiger charge is 2.27. The fourth-order valence-electron chi connectivity index (χ4n) is 3.55. The van der Waals surface area contributed by atoms with Crippen LogP contribution in [0.2, 0.25) is 0 Å². The third kappa shape index (κ3) is 30.8. The van der Waals surface area contributed by atoms with Gasteiger partial charge in [0.2, 0.25) is 0 Å². The smallest absolute Gasteiger partial charge is 0.303 e. The number of carboxylic acids is 1. The largest absolute Gasteiger partial charge is 0.481 e. The van der Waals surface area contributed by atoms with Crippen LogP contribution < -0.4 is 0 Å². The zero-order valence-corrected chi connectivity index (χ0v) is 29.0. The van der Waals surface area contributed by atoms with E-state index < -0.39 is 101 Å². The number of carbonyl (C=O) groups is 1. The minimum absolute atomic E-state index is 0.345. The molecule has 13 N–H and O–H groups in total. The number of unbranched alkanes of at least 4 members (excludes halogenated alkanes) is 14. The van der Waals surface area contributed by atoms with Gasteiger partial charge in [0.25, 0.3) is 0 Å². The van der Waals surface area contributed by atoms with Crippen LogP contribution in [0.4, 0.5) is 0 Å². The normalized spacial score (nSPS) is 11.5. The lowest BCUT2D eigenvalue weighted by atomic mass is 9.93. The van der Waals surface area contributed by atoms with E-state index in [9.17, 15) is 4.79 Å². The summed E-state index contributed by atoms with van der Waals surface area (Å²) in [5, 5.41) is 110. The first-order valence-corrected chi connectivity index (χ1v) is 17.0. The summed E-state index contributed by atoms with van der Waals surface area (Å²) in [7, 11) is 0. The van der Waals surface area contributed by atoms with Crippen molar-refractivity contribution in [3.8, 4) is 0 Å². The van der Waals surface area contributed by atoms with Gasteiger partial charge in [0, 0.05) is 6.42 Å². The number of hydrogen-bond acceptors (Lipinski definition) is 13. The predicted molar refractivity (Wildman–Crippen MR) is 180 cm³/mol. The first kappa shape index (κ1) is 52.8. The summed E-state index contributed by atoms with van der Waals surface area (Å²) in [5.74, 6) is -0.653. The van der Waals surface area contributed by atoms with Gasteiger partial charge in [-0.2, -0.15) is 0 Å². The van der Waals surface area contributed by atoms with Gasteiger partial charge in [-0.05, 0) is 6.42 Å². The van der Waals surface area contributed by atoms with Crippen molar-refractivity contribution in [2.24, 2.45) is 16.2 Å². The van der Waals surface area contributed by atoms with Crippen molar-refractivity contribution in [3.05, 3.63) is 0 Å². The molecule has 0 atom stereocenters. The molecule has 14 nitrogen and oxygen atoms in total. The molecule has 0 spiro atoms. The number of aliphatic carboxylic acids is 1. The Morgan fingerprint density at radius 2 is 0.511 bits per heavy atom. The molecule has 0 rings (SSSR count). The number of aliphatic hydroxyl groups is 12. The lowest BCUT2D eigenvalue weighted by Crippen LogP contribution is -2.37. The second-order valence-corrected chi connectivity index (χ2v) is 12.5. The van der Waals surface area contributed by atoms with E-state index in [2.05, 4.69) is 6.92 Å². The molecule has 47 heavy (non-hydrogen) atoms. The molecule has 288 valence electrons. The molecule has 0 fully saturated rings. The average Bonchev–Trinajstić information content (AvgIpc) is 3.11. The molecule has 0 unspecified atom stereocenters. The summed E-state index contributed by atoms with van der Waals surface area (Å²) < 4.78 is 0. The highest BCUT2D eigenvalue weighted by Crippen LogP contribution is 2.15. The van der Waals surface area contributed by atoms with Gasteiger partial charge in [0.05, 0.1) is 95.5 Å². The lowest BCUT2D eigenvalue weighted by Gasteiger charge is -2.23. The molecule has 14 heteroatoms. The lowest BCUT2D eigenvalue weighted by molar-refractivity contribution is -0.137. The summed E-state index contributed by atoms with van der Waals surface area (Å²) in [6, 6.07) is 0. The first-order chi connectivity index (χ1) is 22.5. The van der Waals surface area contributed by atoms with Crippen LogP contribution in [-0.2, 0) is 4.79 Å². The van der Waals surface area contributed by atoms with Crippen molar-refractivity contribution in [1.82, 2.24) is 0 Å². The maximum Gasteiger partial charge on any atom is 0.303 e. The molecular weight excluding hydrogens is 620 g/mol. The minimum Gasteiger partial charge on any atom is -0.481 e. The van der Waals surface area contributed by atoms with Crippen LogP contribution in [0.1, 0.15) is 110 Å². The molecule has 0 aliphatic rings. The van der Waals surface area contributed by atoms with E-state index in [1.54, 1.807) is 0 Å². The minimum atomic E-state index is -1.11. The van der Waals surface area contributed by atoms with Gasteiger partial charge >= 0.3 is 5.97 Å². The van der Waals surface area contributed by atoms with Crippen LogP contribution in [0.15, 0.2) is 0 Å². The van der Waals surface area contributed by atoms with Crippen molar-refractivity contribution in [2.75, 3.05) is 79.3 Å². The Morgan fingerprint density at radius 3 is 0.638 bits per heavy atom. The van der Waals surface area contributed by atoms with E-state index in [1.165, 1.54) is 83.5 Å². The average molecular weight is 693 g/mol. The molecule has 0 heterocycles. The van der Waals surface area contributed by atoms with Crippen molar-refractivity contribution >= 4 is 5.97 Å². The molecule has 0 radical (unpaired) electrons. The van der Waals surface area contributed by atoms with Crippen molar-refractivity contribution in [2.45, 2.75) is 110 Å². The Morgan fingerprint density at radius 1 is 0.340 bits per heavy atom. The summed E-state index contributed by atoms with van der Waals surface area (Å²) >= 11 is 0. The summed E-state index contributed by atoms with van der Waals surface area (Å²) in [6.45, 7) is -2.60. The second-order valence-electron chi connectivity index (χ2n) is 12.5. The zero-order valence-electron chi connectivity index (χ0n) is 29.0. The Balaban J connectivity index is -0.000000287. The van der Waals surface area contributed by atoms with Crippen LogP contribution in [0, 0.1) is 16.2 Å². The Hall–Kier alpha value is -1.01. The van der Waals surface area contributed by atoms with Crippen molar-refractivity contribution in [3.63, 3.8) is 0 Å². The topological polar surface area (TPSA) is 280 Å². The predicted octanol–water partition coefficient (Wildman–Crippen LogP) is 0.159. The molecule has 0 bridgehead atoms. The van der Waals surface area contributed by atoms with Crippen molar-refractivity contribution in [1.29, 1.82) is 0 Å². The first-order valence-electron chi connectivity index (χ1n) is 17.0. The molecule has 0 aromatic rings. The van der Waals surface area contributed by atoms with Crippen LogP contribution >= 0.6 is 0 Å². The monoisotopic (exact) mass is 692 g/mol. The molecule has 0 amide bonds. The molecule has 0 aliphatic carbocycles. The highest BCUT2D eigenvalue weighted by atomic mass is 16.4. The maximum absolute atomic E-state index is 10.3. The van der Waals surface area contributed by atoms with E-state index in [1.807, 2.05) is 0 Å². The highest BCUT2D eigenvalue weighted by molar-refractivity contribution is 5.66. The van der Waals surface area contributed by atoms with Gasteiger partial charge in [0.1, 0.15) is 0 Å². The van der Waals surface area contributed by atoms with Crippen LogP contribution in [0.5, 0.6) is 0 Å². The van der Waals surface area contributed by atoms with Gasteiger partial charge in [-0.3, -0.25) is 4.79 Å². The standard InChI is InChI=1S/C18H36O2.3C5H12O4/c1-2-3-4-5-6-7-8-9-10-11-12-13-14-15-16-17-18(19)20;3*6-1-5(2-7,3-8)4-9/h2-17H2,1H3,(H,19,20);3*6-9H,1-4H2. The molecule has 0 aliphatic heterocycles. The van der Waals surface area contributed by atoms with Crippen LogP contribution in [0.3, 0.4) is 0 Å². The fraction of sp³-hybridized carbons (Fsp3) is 0.970. The van der Waals surface area contributed by atoms with Crippen LogP contribution in [0.25, 0.3) is 0 Å². The molecule has 0 saturated heterocycles. The van der Waals surface area contributed by atoms with Gasteiger partial charge < -0.3 is 66.4 Å². The molecular formula is C33H72O14. The summed E-state index contributed by atoms with van der Waals surface area (Å²) in [6.07, 6.45) is 20.2. The van der Waals surface area contributed by atoms with Gasteiger partial charge in [-0.1, -0.05) is 96.8 Å². The summed E-state index contributed by atoms with van der Waals surface area (Å²) in [5.41, 5.74) is -3.33. The number of aliphatic hydroxyl groups excluding tert-OH is 12. The van der Waals surface area contributed by atoms with Gasteiger partial charge in [0.15, 0.2) is 0 Å². The fourth-order valence-corrected chi connectivity index (χ4v) is 3.55. The van der Waals surface area contributed by atoms with Crippen molar-refractivity contribution < 1.29 is 71.2 Å². The van der Waals surface area contributed by atoms with Gasteiger partial charge in [-0.25, -0.2) is 0 Å². The molecule has 0 saturated carbocycles. The summed E-state index contributed by atoms with van der Waals surface area (Å²) in [4.78, 5) is 10.3. The third-order valence-corrected chi connectivity index (χ3v) is 8.02. The Kier molecular flexibility index (Phi) is 42.5. The quantitative estimate of drug-likeness (QED) is 0.0487. The molecule has 0 aromatic carbocycles.